The average molecular weight is 1320 g/mol. The van der Waals surface area contributed by atoms with Gasteiger partial charge in [0.1, 0.15) is 60.4 Å². The third-order valence-electron chi connectivity index (χ3n) is 15.5. The zero-order valence-corrected chi connectivity index (χ0v) is 59.1. The quantitative estimate of drug-likeness (QED) is 0.0384. The van der Waals surface area contributed by atoms with E-state index in [2.05, 4.69) is 53.2 Å². The van der Waals surface area contributed by atoms with Gasteiger partial charge in [-0.1, -0.05) is 103 Å². The fourth-order valence-electron chi connectivity index (χ4n) is 10.6. The standard InChI is InChI=1S/C66H128N16O11/c1-38(2)31-49(56(72)83)76-63(90)52(34-41(7)8)82-66(93)55(37-44(13)14)79-60(87)48(26-18-22-30-70)75-62(89)51(33-40(5)6)81-65(92)54(36-43(11)12)78-59(86)47(25-17-21-29-69)74-61(88)50(32-39(3)4)80-64(91)53(35-42(9)10)77-58(85)46(24-16-20-28-68)73-57(84)45(71)23-15-19-27-67/h38-55H,15-37,67-71H2,1-14H3,(H2,72,83)(H,73,84)(H,74,88)(H,75,89)(H,76,90)(H,77,85)(H,78,86)(H,79,87)(H,80,91)(H,81,92)(H,82,93)/t45-,46-,47+,48-,49-,50-,51+,52-,53+,54-,55+/m0/s1. The molecule has 0 aliphatic heterocycles. The molecule has 0 saturated heterocycles. The minimum Gasteiger partial charge on any atom is -0.368 e. The van der Waals surface area contributed by atoms with Crippen molar-refractivity contribution in [3.8, 4) is 0 Å². The van der Waals surface area contributed by atoms with E-state index >= 15 is 0 Å². The first-order chi connectivity index (χ1) is 43.6. The van der Waals surface area contributed by atoms with E-state index in [9.17, 15) is 52.7 Å². The molecule has 0 aliphatic rings. The molecule has 27 nitrogen and oxygen atoms in total. The molecular weight excluding hydrogens is 1190 g/mol. The Kier molecular flexibility index (Phi) is 44.7. The van der Waals surface area contributed by atoms with E-state index in [0.29, 0.717) is 77.4 Å². The maximum absolute atomic E-state index is 14.6. The van der Waals surface area contributed by atoms with Crippen LogP contribution in [0.2, 0.25) is 0 Å². The van der Waals surface area contributed by atoms with E-state index in [1.807, 2.05) is 96.9 Å². The van der Waals surface area contributed by atoms with Gasteiger partial charge in [-0.25, -0.2) is 0 Å². The van der Waals surface area contributed by atoms with Gasteiger partial charge < -0.3 is 87.6 Å². The van der Waals surface area contributed by atoms with Gasteiger partial charge >= 0.3 is 0 Å². The monoisotopic (exact) mass is 1320 g/mol. The van der Waals surface area contributed by atoms with Gasteiger partial charge in [-0.15, -0.1) is 0 Å². The average Bonchev–Trinajstić information content (AvgIpc) is 1.72. The molecule has 22 N–H and O–H groups in total. The Labute approximate surface area is 556 Å². The highest BCUT2D eigenvalue weighted by Gasteiger charge is 2.37. The number of nitrogens with one attached hydrogen (secondary N) is 10. The topological polar surface area (TPSA) is 464 Å². The van der Waals surface area contributed by atoms with Gasteiger partial charge in [0.2, 0.25) is 65.0 Å². The first kappa shape index (κ1) is 87.0. The summed E-state index contributed by atoms with van der Waals surface area (Å²) in [7, 11) is 0. The molecule has 0 aromatic heterocycles. The predicted molar refractivity (Wildman–Crippen MR) is 364 cm³/mol. The maximum atomic E-state index is 14.6. The summed E-state index contributed by atoms with van der Waals surface area (Å²) >= 11 is 0. The molecule has 11 atom stereocenters. The SMILES string of the molecule is CC(C)C[C@H](NC(=O)[C@H](CC(C)C)NC(=O)[C@@H](CC(C)C)NC(=O)[C@H](CCCCN)NC(=O)[C@@H](CC(C)C)NC(=O)[C@H](CC(C)C)NC(=O)[C@@H](CCCCN)NC(=O)[C@H](CC(C)C)NC(=O)[C@@H](CC(C)C)NC(=O)[C@H](CCCCN)NC(=O)[C@@H](N)CCCCN)C(N)=O. The summed E-state index contributed by atoms with van der Waals surface area (Å²) in [4.78, 5) is 154. The number of hydrogen-bond acceptors (Lipinski definition) is 16. The molecule has 0 aromatic carbocycles. The van der Waals surface area contributed by atoms with Crippen LogP contribution in [-0.2, 0) is 52.7 Å². The molecule has 11 amide bonds. The minimum atomic E-state index is -1.23. The van der Waals surface area contributed by atoms with Gasteiger partial charge in [0.05, 0.1) is 6.04 Å². The Morgan fingerprint density at radius 3 is 0.591 bits per heavy atom. The molecular formula is C66H128N16O11. The minimum absolute atomic E-state index is 0.0280. The molecule has 0 heterocycles. The summed E-state index contributed by atoms with van der Waals surface area (Å²) in [5.41, 5.74) is 34.9. The van der Waals surface area contributed by atoms with Crippen LogP contribution in [0.5, 0.6) is 0 Å². The molecule has 0 saturated carbocycles. The fourth-order valence-corrected chi connectivity index (χ4v) is 10.6. The van der Waals surface area contributed by atoms with Crippen LogP contribution < -0.4 is 87.6 Å². The lowest BCUT2D eigenvalue weighted by Gasteiger charge is -2.30. The number of hydrogen-bond donors (Lipinski definition) is 16. The van der Waals surface area contributed by atoms with E-state index < -0.39 is 131 Å². The number of primary amides is 1. The molecule has 0 radical (unpaired) electrons. The molecule has 538 valence electrons. The molecule has 0 fully saturated rings. The Morgan fingerprint density at radius 1 is 0.237 bits per heavy atom. The smallest absolute Gasteiger partial charge is 0.243 e. The van der Waals surface area contributed by atoms with Gasteiger partial charge in [0.25, 0.3) is 0 Å². The zero-order valence-electron chi connectivity index (χ0n) is 59.1. The van der Waals surface area contributed by atoms with Crippen LogP contribution in [0.25, 0.3) is 0 Å². The molecule has 0 unspecified atom stereocenters. The molecule has 0 bridgehead atoms. The number of amides is 11. The summed E-state index contributed by atoms with van der Waals surface area (Å²) in [6, 6.07) is -12.3. The van der Waals surface area contributed by atoms with Crippen molar-refractivity contribution in [2.24, 2.45) is 75.8 Å². The van der Waals surface area contributed by atoms with Crippen LogP contribution in [-0.4, -0.2) is 158 Å². The number of rotatable bonds is 51. The predicted octanol–water partition coefficient (Wildman–Crippen LogP) is 1.49. The highest BCUT2D eigenvalue weighted by atomic mass is 16.2. The van der Waals surface area contributed by atoms with Crippen molar-refractivity contribution < 1.29 is 52.7 Å². The number of carbonyl (C=O) groups excluding carboxylic acids is 11. The third-order valence-corrected chi connectivity index (χ3v) is 15.5. The normalized spacial score (nSPS) is 15.2. The lowest BCUT2D eigenvalue weighted by molar-refractivity contribution is -0.136. The Bertz CT molecular complexity index is 2270. The van der Waals surface area contributed by atoms with Crippen molar-refractivity contribution in [2.45, 2.75) is 285 Å². The first-order valence-corrected chi connectivity index (χ1v) is 34.5. The molecule has 0 spiro atoms. The van der Waals surface area contributed by atoms with Crippen molar-refractivity contribution in [1.82, 2.24) is 53.2 Å². The number of carbonyl (C=O) groups is 11. The van der Waals surface area contributed by atoms with Crippen LogP contribution in [0, 0.1) is 41.4 Å². The zero-order chi connectivity index (χ0) is 71.1. The number of unbranched alkanes of at least 4 members (excludes halogenated alkanes) is 4. The summed E-state index contributed by atoms with van der Waals surface area (Å²) in [5, 5.41) is 28.1. The molecule has 27 heteroatoms. The summed E-state index contributed by atoms with van der Waals surface area (Å²) in [6.45, 7) is 27.5. The highest BCUT2D eigenvalue weighted by Crippen LogP contribution is 2.17. The molecule has 0 aliphatic carbocycles. The van der Waals surface area contributed by atoms with E-state index in [0.717, 1.165) is 0 Å². The Hall–Kier alpha value is -6.03. The van der Waals surface area contributed by atoms with Crippen LogP contribution in [0.3, 0.4) is 0 Å². The van der Waals surface area contributed by atoms with Crippen LogP contribution in [0.15, 0.2) is 0 Å². The van der Waals surface area contributed by atoms with Crippen molar-refractivity contribution in [3.05, 3.63) is 0 Å². The second kappa shape index (κ2) is 47.8. The Balaban J connectivity index is 7.03. The van der Waals surface area contributed by atoms with Gasteiger partial charge in [-0.05, 0) is 183 Å². The van der Waals surface area contributed by atoms with Gasteiger partial charge in [0.15, 0.2) is 0 Å². The van der Waals surface area contributed by atoms with E-state index in [4.69, 9.17) is 34.4 Å². The molecule has 93 heavy (non-hydrogen) atoms. The largest absolute Gasteiger partial charge is 0.368 e. The summed E-state index contributed by atoms with van der Waals surface area (Å²) in [5.74, 6) is -7.99. The number of nitrogens with two attached hydrogens (primary N) is 6. The molecule has 0 aromatic rings. The van der Waals surface area contributed by atoms with Crippen LogP contribution >= 0.6 is 0 Å². The molecule has 0 rings (SSSR count). The van der Waals surface area contributed by atoms with Gasteiger partial charge in [-0.3, -0.25) is 52.7 Å². The van der Waals surface area contributed by atoms with Crippen molar-refractivity contribution in [2.75, 3.05) is 26.2 Å². The van der Waals surface area contributed by atoms with E-state index in [-0.39, 0.29) is 112 Å². The van der Waals surface area contributed by atoms with E-state index in [1.54, 1.807) is 0 Å². The van der Waals surface area contributed by atoms with Crippen LogP contribution in [0.1, 0.15) is 219 Å². The van der Waals surface area contributed by atoms with Gasteiger partial charge in [0, 0.05) is 0 Å². The second-order valence-corrected chi connectivity index (χ2v) is 28.2. The fraction of sp³-hybridized carbons (Fsp3) is 0.833. The lowest BCUT2D eigenvalue weighted by Crippen LogP contribution is -2.61. The van der Waals surface area contributed by atoms with Crippen LogP contribution in [0.4, 0.5) is 0 Å². The maximum Gasteiger partial charge on any atom is 0.243 e. The summed E-state index contributed by atoms with van der Waals surface area (Å²) < 4.78 is 0. The van der Waals surface area contributed by atoms with E-state index in [1.165, 1.54) is 0 Å². The second-order valence-electron chi connectivity index (χ2n) is 28.2. The van der Waals surface area contributed by atoms with Crippen molar-refractivity contribution in [1.29, 1.82) is 0 Å². The third kappa shape index (κ3) is 38.2. The van der Waals surface area contributed by atoms with Crippen molar-refractivity contribution in [3.63, 3.8) is 0 Å². The summed E-state index contributed by atoms with van der Waals surface area (Å²) in [6.07, 6.45) is 6.18. The lowest BCUT2D eigenvalue weighted by atomic mass is 9.98. The highest BCUT2D eigenvalue weighted by molar-refractivity contribution is 5.99. The van der Waals surface area contributed by atoms with Gasteiger partial charge in [-0.2, -0.15) is 0 Å². The van der Waals surface area contributed by atoms with Crippen molar-refractivity contribution >= 4 is 65.0 Å². The Morgan fingerprint density at radius 2 is 0.398 bits per heavy atom. The first-order valence-electron chi connectivity index (χ1n) is 34.5.